The van der Waals surface area contributed by atoms with Crippen molar-refractivity contribution >= 4 is 32.1 Å². The van der Waals surface area contributed by atoms with Gasteiger partial charge in [0.1, 0.15) is 4.90 Å². The predicted molar refractivity (Wildman–Crippen MR) is 75.6 cm³/mol. The second-order valence-electron chi connectivity index (χ2n) is 4.94. The van der Waals surface area contributed by atoms with Crippen LogP contribution in [0.2, 0.25) is 0 Å². The maximum absolute atomic E-state index is 12.1. The van der Waals surface area contributed by atoms with Gasteiger partial charge in [-0.1, -0.05) is 42.8 Å². The first-order valence-electron chi connectivity index (χ1n) is 5.55. The molecule has 0 aliphatic heterocycles. The van der Waals surface area contributed by atoms with Crippen LogP contribution in [0.15, 0.2) is 27.6 Å². The van der Waals surface area contributed by atoms with Crippen LogP contribution in [0.25, 0.3) is 0 Å². The van der Waals surface area contributed by atoms with Crippen molar-refractivity contribution in [1.82, 2.24) is 5.32 Å². The van der Waals surface area contributed by atoms with Crippen LogP contribution in [-0.4, -0.2) is 21.6 Å². The maximum atomic E-state index is 12.1. The third kappa shape index (κ3) is 3.70. The van der Waals surface area contributed by atoms with E-state index in [4.69, 9.17) is 0 Å². The number of carbonyl (C=O) groups excluding carboxylic acids is 1. The minimum absolute atomic E-state index is 0.0158. The van der Waals surface area contributed by atoms with Gasteiger partial charge in [-0.05, 0) is 23.1 Å². The molecular formula is C12H16BrNO4S. The summed E-state index contributed by atoms with van der Waals surface area (Å²) in [6.45, 7) is 5.64. The van der Waals surface area contributed by atoms with Gasteiger partial charge in [0, 0.05) is 11.5 Å². The number of benzene rings is 1. The Morgan fingerprint density at radius 1 is 1.32 bits per heavy atom. The molecule has 0 saturated carbocycles. The van der Waals surface area contributed by atoms with Gasteiger partial charge in [-0.2, -0.15) is 8.42 Å². The van der Waals surface area contributed by atoms with Crippen molar-refractivity contribution in [2.24, 2.45) is 0 Å². The first-order chi connectivity index (χ1) is 8.59. The minimum atomic E-state index is -4.15. The maximum Gasteiger partial charge on any atom is 0.422 e. The molecule has 5 nitrogen and oxygen atoms in total. The summed E-state index contributed by atoms with van der Waals surface area (Å²) in [7, 11) is -2.85. The standard InChI is InChI=1S/C12H16BrNO4S/c1-12(2,3)10-8(13)6-5-7-9(10)19(16,17)18-11(15)14-4/h5-7H,1-4H3,(H,14,15). The van der Waals surface area contributed by atoms with Crippen molar-refractivity contribution in [2.75, 3.05) is 7.05 Å². The average Bonchev–Trinajstić information content (AvgIpc) is 2.26. The number of rotatable bonds is 2. The summed E-state index contributed by atoms with van der Waals surface area (Å²) in [5.74, 6) is 0. The van der Waals surface area contributed by atoms with E-state index in [-0.39, 0.29) is 4.90 Å². The van der Waals surface area contributed by atoms with Crippen molar-refractivity contribution < 1.29 is 17.4 Å². The number of amides is 1. The van der Waals surface area contributed by atoms with E-state index >= 15 is 0 Å². The molecule has 1 aromatic carbocycles. The van der Waals surface area contributed by atoms with E-state index in [2.05, 4.69) is 25.4 Å². The smallest absolute Gasteiger partial charge is 0.324 e. The molecule has 0 aliphatic carbocycles. The van der Waals surface area contributed by atoms with Crippen LogP contribution in [0.1, 0.15) is 26.3 Å². The Morgan fingerprint density at radius 3 is 2.37 bits per heavy atom. The monoisotopic (exact) mass is 349 g/mol. The van der Waals surface area contributed by atoms with Gasteiger partial charge in [-0.15, -0.1) is 0 Å². The molecule has 1 amide bonds. The molecule has 7 heteroatoms. The molecule has 0 fully saturated rings. The SMILES string of the molecule is CNC(=O)OS(=O)(=O)c1cccc(Br)c1C(C)(C)C. The van der Waals surface area contributed by atoms with Crippen molar-refractivity contribution in [3.63, 3.8) is 0 Å². The zero-order valence-corrected chi connectivity index (χ0v) is 13.6. The van der Waals surface area contributed by atoms with E-state index in [1.807, 2.05) is 20.8 Å². The fraction of sp³-hybridized carbons (Fsp3) is 0.417. The Morgan fingerprint density at radius 2 is 1.89 bits per heavy atom. The molecule has 0 unspecified atom stereocenters. The molecule has 19 heavy (non-hydrogen) atoms. The first kappa shape index (κ1) is 16.0. The van der Waals surface area contributed by atoms with Crippen LogP contribution in [0.3, 0.4) is 0 Å². The van der Waals surface area contributed by atoms with Crippen LogP contribution in [0, 0.1) is 0 Å². The molecule has 0 heterocycles. The lowest BCUT2D eigenvalue weighted by Gasteiger charge is -2.23. The van der Waals surface area contributed by atoms with Gasteiger partial charge in [0.05, 0.1) is 0 Å². The van der Waals surface area contributed by atoms with Gasteiger partial charge in [0.15, 0.2) is 0 Å². The molecule has 0 aliphatic rings. The van der Waals surface area contributed by atoms with Gasteiger partial charge in [0.25, 0.3) is 0 Å². The Bertz CT molecular complexity index is 590. The highest BCUT2D eigenvalue weighted by Crippen LogP contribution is 2.35. The van der Waals surface area contributed by atoms with Crippen LogP contribution in [-0.2, 0) is 19.7 Å². The zero-order valence-electron chi connectivity index (χ0n) is 11.2. The van der Waals surface area contributed by atoms with Gasteiger partial charge in [-0.3, -0.25) is 0 Å². The summed E-state index contributed by atoms with van der Waals surface area (Å²) < 4.78 is 29.4. The highest BCUT2D eigenvalue weighted by atomic mass is 79.9. The van der Waals surface area contributed by atoms with E-state index in [1.165, 1.54) is 13.1 Å². The Hall–Kier alpha value is -1.08. The number of halogens is 1. The third-order valence-electron chi connectivity index (χ3n) is 2.38. The molecule has 0 saturated heterocycles. The summed E-state index contributed by atoms with van der Waals surface area (Å²) in [4.78, 5) is 11.1. The molecule has 0 bridgehead atoms. The largest absolute Gasteiger partial charge is 0.422 e. The minimum Gasteiger partial charge on any atom is -0.324 e. The predicted octanol–water partition coefficient (Wildman–Crippen LogP) is 2.79. The molecule has 106 valence electrons. The second kappa shape index (κ2) is 5.50. The van der Waals surface area contributed by atoms with Crippen molar-refractivity contribution in [3.05, 3.63) is 28.2 Å². The topological polar surface area (TPSA) is 72.5 Å². The lowest BCUT2D eigenvalue weighted by atomic mass is 9.87. The van der Waals surface area contributed by atoms with E-state index in [1.54, 1.807) is 12.1 Å². The molecule has 0 atom stereocenters. The summed E-state index contributed by atoms with van der Waals surface area (Å²) in [6.07, 6.45) is -1.01. The Kier molecular flexibility index (Phi) is 4.63. The van der Waals surface area contributed by atoms with Crippen molar-refractivity contribution in [3.8, 4) is 0 Å². The normalized spacial score (nSPS) is 12.1. The fourth-order valence-electron chi connectivity index (χ4n) is 1.63. The first-order valence-corrected chi connectivity index (χ1v) is 7.75. The van der Waals surface area contributed by atoms with Gasteiger partial charge in [0.2, 0.25) is 0 Å². The third-order valence-corrected chi connectivity index (χ3v) is 4.29. The van der Waals surface area contributed by atoms with Gasteiger partial charge in [-0.25, -0.2) is 4.79 Å². The number of hydrogen-bond acceptors (Lipinski definition) is 4. The number of nitrogens with one attached hydrogen (secondary N) is 1. The van der Waals surface area contributed by atoms with Crippen LogP contribution in [0.5, 0.6) is 0 Å². The molecule has 0 radical (unpaired) electrons. The summed E-state index contributed by atoms with van der Waals surface area (Å²) in [5, 5.41) is 2.11. The fourth-order valence-corrected chi connectivity index (χ4v) is 4.00. The van der Waals surface area contributed by atoms with Crippen LogP contribution in [0.4, 0.5) is 4.79 Å². The van der Waals surface area contributed by atoms with Crippen LogP contribution >= 0.6 is 15.9 Å². The van der Waals surface area contributed by atoms with E-state index in [0.717, 1.165) is 0 Å². The molecule has 0 aromatic heterocycles. The highest BCUT2D eigenvalue weighted by Gasteiger charge is 2.30. The van der Waals surface area contributed by atoms with E-state index in [0.29, 0.717) is 10.0 Å². The van der Waals surface area contributed by atoms with Gasteiger partial charge >= 0.3 is 16.2 Å². The van der Waals surface area contributed by atoms with Crippen LogP contribution < -0.4 is 5.32 Å². The zero-order chi connectivity index (χ0) is 14.8. The molecular weight excluding hydrogens is 334 g/mol. The Labute approximate surface area is 121 Å². The van der Waals surface area contributed by atoms with E-state index in [9.17, 15) is 13.2 Å². The van der Waals surface area contributed by atoms with Crippen molar-refractivity contribution in [1.29, 1.82) is 0 Å². The average molecular weight is 350 g/mol. The Balaban J connectivity index is 3.44. The highest BCUT2D eigenvalue weighted by molar-refractivity contribution is 9.10. The summed E-state index contributed by atoms with van der Waals surface area (Å²) in [5.41, 5.74) is 0.146. The number of hydrogen-bond donors (Lipinski definition) is 1. The lowest BCUT2D eigenvalue weighted by molar-refractivity contribution is 0.205. The molecule has 1 N–H and O–H groups in total. The molecule has 1 aromatic rings. The van der Waals surface area contributed by atoms with E-state index < -0.39 is 21.6 Å². The summed E-state index contributed by atoms with van der Waals surface area (Å²) in [6, 6.07) is 4.75. The quantitative estimate of drug-likeness (QED) is 0.833. The molecule has 0 spiro atoms. The number of carbonyl (C=O) groups is 1. The van der Waals surface area contributed by atoms with Gasteiger partial charge < -0.3 is 9.50 Å². The van der Waals surface area contributed by atoms with Crippen molar-refractivity contribution in [2.45, 2.75) is 31.1 Å². The summed E-state index contributed by atoms with van der Waals surface area (Å²) >= 11 is 3.34. The second-order valence-corrected chi connectivity index (χ2v) is 7.31. The lowest BCUT2D eigenvalue weighted by Crippen LogP contribution is -2.25. The molecule has 1 rings (SSSR count).